The summed E-state index contributed by atoms with van der Waals surface area (Å²) in [5.41, 5.74) is 11.1. The first-order valence-electron chi connectivity index (χ1n) is 12.9. The Morgan fingerprint density at radius 2 is 1.78 bits per heavy atom. The Hall–Kier alpha value is -3.12. The minimum absolute atomic E-state index is 0.382. The summed E-state index contributed by atoms with van der Waals surface area (Å²) in [5, 5.41) is 9.14. The summed E-state index contributed by atoms with van der Waals surface area (Å²) in [5.74, 6) is 2.96. The lowest BCUT2D eigenvalue weighted by Crippen LogP contribution is -2.16. The molecule has 7 heteroatoms. The first-order chi connectivity index (χ1) is 17.5. The second-order valence-corrected chi connectivity index (χ2v) is 10.4. The van der Waals surface area contributed by atoms with Gasteiger partial charge in [-0.25, -0.2) is 0 Å². The number of methoxy groups -OCH3 is 1. The van der Waals surface area contributed by atoms with Crippen molar-refractivity contribution >= 4 is 17.3 Å². The second-order valence-electron chi connectivity index (χ2n) is 10.0. The fourth-order valence-electron chi connectivity index (χ4n) is 4.26. The summed E-state index contributed by atoms with van der Waals surface area (Å²) >= 11 is 6.02. The molecule has 0 saturated carbocycles. The SMILES string of the molecule is C/C=C(/N)C(C)CC(C)(C)C.CC.COc1ccc2c(c1)C(c1ccc(Cl)cc1)=NCc1nnc(C)n1-2. The predicted molar refractivity (Wildman–Crippen MR) is 156 cm³/mol. The van der Waals surface area contributed by atoms with Gasteiger partial charge in [-0.05, 0) is 61.9 Å². The van der Waals surface area contributed by atoms with E-state index in [-0.39, 0.29) is 0 Å². The zero-order chi connectivity index (χ0) is 27.8. The van der Waals surface area contributed by atoms with Crippen molar-refractivity contribution in [3.05, 3.63) is 82.0 Å². The van der Waals surface area contributed by atoms with Crippen LogP contribution in [0.1, 0.15) is 77.7 Å². The van der Waals surface area contributed by atoms with Gasteiger partial charge in [0.1, 0.15) is 18.1 Å². The molecular weight excluding hydrogens is 482 g/mol. The van der Waals surface area contributed by atoms with Crippen LogP contribution in [0.3, 0.4) is 0 Å². The number of aromatic nitrogens is 3. The highest BCUT2D eigenvalue weighted by Gasteiger charge is 2.22. The molecule has 1 aliphatic heterocycles. The summed E-state index contributed by atoms with van der Waals surface area (Å²) in [6.45, 7) is 17.3. The molecule has 0 saturated heterocycles. The summed E-state index contributed by atoms with van der Waals surface area (Å²) in [7, 11) is 1.66. The van der Waals surface area contributed by atoms with Crippen molar-refractivity contribution in [2.45, 2.75) is 68.4 Å². The Morgan fingerprint density at radius 3 is 2.35 bits per heavy atom. The lowest BCUT2D eigenvalue weighted by Gasteiger charge is -2.23. The maximum Gasteiger partial charge on any atom is 0.159 e. The smallest absolute Gasteiger partial charge is 0.159 e. The van der Waals surface area contributed by atoms with Crippen LogP contribution >= 0.6 is 11.6 Å². The van der Waals surface area contributed by atoms with Gasteiger partial charge in [-0.2, -0.15) is 0 Å². The van der Waals surface area contributed by atoms with E-state index in [1.807, 2.05) is 80.8 Å². The van der Waals surface area contributed by atoms with Crippen LogP contribution in [0.4, 0.5) is 0 Å². The first-order valence-corrected chi connectivity index (χ1v) is 13.2. The highest BCUT2D eigenvalue weighted by atomic mass is 35.5. The van der Waals surface area contributed by atoms with E-state index in [4.69, 9.17) is 27.1 Å². The molecule has 0 aliphatic carbocycles. The number of halogens is 1. The average Bonchev–Trinajstić information content (AvgIpc) is 3.16. The third-order valence-electron chi connectivity index (χ3n) is 5.91. The van der Waals surface area contributed by atoms with Crippen molar-refractivity contribution in [3.8, 4) is 11.4 Å². The van der Waals surface area contributed by atoms with Gasteiger partial charge >= 0.3 is 0 Å². The van der Waals surface area contributed by atoms with Gasteiger partial charge in [0.05, 0.1) is 18.5 Å². The van der Waals surface area contributed by atoms with E-state index >= 15 is 0 Å². The number of aliphatic imine (C=N–C) groups is 1. The Morgan fingerprint density at radius 1 is 1.14 bits per heavy atom. The van der Waals surface area contributed by atoms with Crippen LogP contribution in [-0.2, 0) is 6.54 Å². The molecule has 0 radical (unpaired) electrons. The molecule has 6 nitrogen and oxygen atoms in total. The van der Waals surface area contributed by atoms with Crippen molar-refractivity contribution in [3.63, 3.8) is 0 Å². The zero-order valence-electron chi connectivity index (χ0n) is 23.8. The average molecular weight is 524 g/mol. The van der Waals surface area contributed by atoms with Crippen molar-refractivity contribution in [1.82, 2.24) is 14.8 Å². The quantitative estimate of drug-likeness (QED) is 0.383. The largest absolute Gasteiger partial charge is 0.497 e. The molecule has 4 rings (SSSR count). The van der Waals surface area contributed by atoms with E-state index in [9.17, 15) is 0 Å². The molecule has 1 unspecified atom stereocenters. The van der Waals surface area contributed by atoms with Gasteiger partial charge in [0.15, 0.2) is 5.82 Å². The summed E-state index contributed by atoms with van der Waals surface area (Å²) in [6, 6.07) is 13.6. The molecule has 1 aromatic heterocycles. The number of ether oxygens (including phenoxy) is 1. The Balaban J connectivity index is 0.000000315. The van der Waals surface area contributed by atoms with Crippen molar-refractivity contribution < 1.29 is 4.74 Å². The molecule has 0 bridgehead atoms. The van der Waals surface area contributed by atoms with Gasteiger partial charge in [0.2, 0.25) is 0 Å². The maximum absolute atomic E-state index is 6.02. The Kier molecular flexibility index (Phi) is 10.9. The highest BCUT2D eigenvalue weighted by Crippen LogP contribution is 2.29. The molecule has 3 aromatic rings. The summed E-state index contributed by atoms with van der Waals surface area (Å²) in [4.78, 5) is 4.79. The number of rotatable bonds is 4. The second kappa shape index (κ2) is 13.4. The fourth-order valence-corrected chi connectivity index (χ4v) is 4.39. The van der Waals surface area contributed by atoms with Crippen molar-refractivity contribution in [1.29, 1.82) is 0 Å². The van der Waals surface area contributed by atoms with Crippen LogP contribution in [-0.4, -0.2) is 27.6 Å². The van der Waals surface area contributed by atoms with Gasteiger partial charge in [-0.3, -0.25) is 9.56 Å². The first kappa shape index (κ1) is 30.1. The summed E-state index contributed by atoms with van der Waals surface area (Å²) in [6.07, 6.45) is 3.15. The number of fused-ring (bicyclic) bond motifs is 3. The maximum atomic E-state index is 6.02. The Labute approximate surface area is 227 Å². The number of nitrogens with two attached hydrogens (primary N) is 1. The Bertz CT molecular complexity index is 1220. The van der Waals surface area contributed by atoms with Crippen molar-refractivity contribution in [2.75, 3.05) is 7.11 Å². The van der Waals surface area contributed by atoms with E-state index in [1.165, 1.54) is 0 Å². The topological polar surface area (TPSA) is 78.3 Å². The van der Waals surface area contributed by atoms with Crippen LogP contribution in [0.25, 0.3) is 5.69 Å². The lowest BCUT2D eigenvalue weighted by molar-refractivity contribution is 0.328. The monoisotopic (exact) mass is 523 g/mol. The number of allylic oxidation sites excluding steroid dienone is 2. The third kappa shape index (κ3) is 7.93. The molecule has 2 aromatic carbocycles. The van der Waals surface area contributed by atoms with E-state index in [0.717, 1.165) is 52.0 Å². The van der Waals surface area contributed by atoms with E-state index in [0.29, 0.717) is 22.9 Å². The van der Waals surface area contributed by atoms with Crippen LogP contribution in [0.2, 0.25) is 5.02 Å². The van der Waals surface area contributed by atoms with Gasteiger partial charge in [0.25, 0.3) is 0 Å². The van der Waals surface area contributed by atoms with Crippen LogP contribution < -0.4 is 10.5 Å². The van der Waals surface area contributed by atoms with Crippen LogP contribution in [0.15, 0.2) is 59.2 Å². The molecule has 1 aliphatic rings. The third-order valence-corrected chi connectivity index (χ3v) is 6.16. The number of benzene rings is 2. The number of nitrogens with zero attached hydrogens (tertiary/aromatic N) is 4. The normalized spacial score (nSPS) is 13.5. The molecule has 37 heavy (non-hydrogen) atoms. The minimum atomic E-state index is 0.382. The molecular formula is C30H42ClN5O. The fraction of sp³-hybridized carbons (Fsp3) is 0.433. The molecule has 0 fully saturated rings. The molecule has 0 amide bonds. The van der Waals surface area contributed by atoms with Crippen LogP contribution in [0, 0.1) is 18.3 Å². The standard InChI is InChI=1S/C18H15ClN4O.C10H21N.C2H6/c1-11-21-22-17-10-20-18(12-3-5-13(19)6-4-12)15-9-14(24-2)7-8-16(15)23(11)17;1-6-9(11)8(2)7-10(3,4)5;1-2/h3-9H,10H2,1-2H3;6,8H,7,11H2,1-5H3;1-2H3/b;9-6+;. The molecule has 1 atom stereocenters. The lowest BCUT2D eigenvalue weighted by atomic mass is 9.84. The van der Waals surface area contributed by atoms with Crippen molar-refractivity contribution in [2.24, 2.45) is 22.1 Å². The molecule has 0 spiro atoms. The van der Waals surface area contributed by atoms with E-state index in [1.54, 1.807) is 7.11 Å². The van der Waals surface area contributed by atoms with Gasteiger partial charge < -0.3 is 10.5 Å². The van der Waals surface area contributed by atoms with Crippen LogP contribution in [0.5, 0.6) is 5.75 Å². The zero-order valence-corrected chi connectivity index (χ0v) is 24.5. The number of aryl methyl sites for hydroxylation is 1. The minimum Gasteiger partial charge on any atom is -0.497 e. The van der Waals surface area contributed by atoms with Gasteiger partial charge in [-0.15, -0.1) is 10.2 Å². The van der Waals surface area contributed by atoms with Gasteiger partial charge in [0, 0.05) is 21.8 Å². The highest BCUT2D eigenvalue weighted by molar-refractivity contribution is 6.30. The molecule has 200 valence electrons. The number of hydrogen-bond donors (Lipinski definition) is 1. The predicted octanol–water partition coefficient (Wildman–Crippen LogP) is 7.54. The van der Waals surface area contributed by atoms with E-state index in [2.05, 4.69) is 37.9 Å². The van der Waals surface area contributed by atoms with Gasteiger partial charge in [-0.1, -0.05) is 71.4 Å². The molecule has 2 heterocycles. The number of hydrogen-bond acceptors (Lipinski definition) is 5. The molecule has 2 N–H and O–H groups in total. The van der Waals surface area contributed by atoms with E-state index < -0.39 is 0 Å². The summed E-state index contributed by atoms with van der Waals surface area (Å²) < 4.78 is 7.45.